The lowest BCUT2D eigenvalue weighted by Crippen LogP contribution is -2.44. The van der Waals surface area contributed by atoms with Crippen LogP contribution in [0.5, 0.6) is 0 Å². The zero-order valence-corrected chi connectivity index (χ0v) is 17.5. The van der Waals surface area contributed by atoms with E-state index in [2.05, 4.69) is 21.9 Å². The molecule has 2 aliphatic heterocycles. The molecule has 0 spiro atoms. The highest BCUT2D eigenvalue weighted by molar-refractivity contribution is 6.08. The zero-order valence-electron chi connectivity index (χ0n) is 17.5. The monoisotopic (exact) mass is 422 g/mol. The minimum absolute atomic E-state index is 0.131. The summed E-state index contributed by atoms with van der Waals surface area (Å²) in [5, 5.41) is 5.19. The molecule has 162 valence electrons. The number of aromatic nitrogens is 4. The van der Waals surface area contributed by atoms with Crippen molar-refractivity contribution < 1.29 is 14.3 Å². The Labute approximate surface area is 180 Å². The summed E-state index contributed by atoms with van der Waals surface area (Å²) in [6, 6.07) is 5.62. The number of anilines is 1. The summed E-state index contributed by atoms with van der Waals surface area (Å²) in [6.07, 6.45) is 6.35. The molecule has 31 heavy (non-hydrogen) atoms. The van der Waals surface area contributed by atoms with Crippen LogP contribution in [0.15, 0.2) is 30.6 Å². The molecule has 2 N–H and O–H groups in total. The molecule has 0 aromatic carbocycles. The number of nitrogens with zero attached hydrogens (tertiary/aromatic N) is 5. The van der Waals surface area contributed by atoms with Crippen LogP contribution in [0.4, 0.5) is 5.82 Å². The fourth-order valence-electron chi connectivity index (χ4n) is 4.39. The highest BCUT2D eigenvalue weighted by atomic mass is 16.5. The minimum atomic E-state index is -0.490. The van der Waals surface area contributed by atoms with Crippen LogP contribution in [-0.4, -0.2) is 58.1 Å². The lowest BCUT2D eigenvalue weighted by molar-refractivity contribution is -0.0383. The van der Waals surface area contributed by atoms with Crippen molar-refractivity contribution in [1.29, 1.82) is 0 Å². The molecule has 0 bridgehead atoms. The topological polar surface area (TPSA) is 108 Å². The van der Waals surface area contributed by atoms with Gasteiger partial charge in [-0.25, -0.2) is 9.67 Å². The maximum Gasteiger partial charge on any atom is 0.249 e. The maximum atomic E-state index is 12.3. The quantitative estimate of drug-likeness (QED) is 0.688. The van der Waals surface area contributed by atoms with Crippen LogP contribution in [0, 0.1) is 0 Å². The third-order valence-corrected chi connectivity index (χ3v) is 5.98. The first-order valence-corrected chi connectivity index (χ1v) is 10.7. The number of pyridine rings is 2. The summed E-state index contributed by atoms with van der Waals surface area (Å²) >= 11 is 0. The van der Waals surface area contributed by atoms with Gasteiger partial charge in [-0.3, -0.25) is 9.78 Å². The average Bonchev–Trinajstić information content (AvgIpc) is 3.28. The molecule has 0 aliphatic carbocycles. The van der Waals surface area contributed by atoms with Gasteiger partial charge >= 0.3 is 0 Å². The summed E-state index contributed by atoms with van der Waals surface area (Å²) in [4.78, 5) is 24.1. The lowest BCUT2D eigenvalue weighted by Gasteiger charge is -2.34. The van der Waals surface area contributed by atoms with Crippen molar-refractivity contribution in [2.75, 3.05) is 31.3 Å². The molecule has 2 atom stereocenters. The Morgan fingerprint density at radius 2 is 2.13 bits per heavy atom. The molecule has 0 saturated carbocycles. The zero-order chi connectivity index (χ0) is 21.4. The van der Waals surface area contributed by atoms with E-state index < -0.39 is 5.91 Å². The molecular weight excluding hydrogens is 396 g/mol. The second-order valence-electron chi connectivity index (χ2n) is 8.05. The molecular formula is C22H26N6O3. The third-order valence-electron chi connectivity index (χ3n) is 5.98. The Morgan fingerprint density at radius 1 is 1.23 bits per heavy atom. The van der Waals surface area contributed by atoms with Crippen LogP contribution < -0.4 is 10.6 Å². The number of carbonyl (C=O) groups is 1. The van der Waals surface area contributed by atoms with Crippen molar-refractivity contribution in [3.63, 3.8) is 0 Å². The van der Waals surface area contributed by atoms with E-state index in [4.69, 9.17) is 20.2 Å². The molecule has 9 heteroatoms. The molecule has 5 rings (SSSR count). The maximum absolute atomic E-state index is 12.3. The number of nitrogens with two attached hydrogens (primary N) is 1. The van der Waals surface area contributed by atoms with Gasteiger partial charge in [0.15, 0.2) is 6.23 Å². The molecule has 1 amide bonds. The van der Waals surface area contributed by atoms with E-state index in [-0.39, 0.29) is 12.3 Å². The molecule has 2 saturated heterocycles. The van der Waals surface area contributed by atoms with Gasteiger partial charge in [-0.1, -0.05) is 0 Å². The van der Waals surface area contributed by atoms with Crippen molar-refractivity contribution in [3.8, 4) is 11.4 Å². The fourth-order valence-corrected chi connectivity index (χ4v) is 4.39. The lowest BCUT2D eigenvalue weighted by atomic mass is 10.1. The van der Waals surface area contributed by atoms with Crippen LogP contribution in [0.2, 0.25) is 0 Å². The van der Waals surface area contributed by atoms with Gasteiger partial charge in [-0.2, -0.15) is 5.10 Å². The SMILES string of the molecule is CC1COCCN1c1cc(C(N)=O)c2ccnc(-c3ccnn3C3CCCCO3)c2n1. The summed E-state index contributed by atoms with van der Waals surface area (Å²) in [6.45, 7) is 4.71. The summed E-state index contributed by atoms with van der Waals surface area (Å²) in [7, 11) is 0. The number of carbonyl (C=O) groups excluding carboxylic acids is 1. The molecule has 0 radical (unpaired) electrons. The van der Waals surface area contributed by atoms with Crippen LogP contribution in [0.1, 0.15) is 42.8 Å². The third kappa shape index (κ3) is 3.64. The van der Waals surface area contributed by atoms with E-state index in [0.717, 1.165) is 31.6 Å². The van der Waals surface area contributed by atoms with Crippen LogP contribution in [0.25, 0.3) is 22.3 Å². The van der Waals surface area contributed by atoms with Gasteiger partial charge in [0.05, 0.1) is 30.5 Å². The Balaban J connectivity index is 1.68. The number of morpholine rings is 1. The molecule has 2 fully saturated rings. The van der Waals surface area contributed by atoms with Gasteiger partial charge < -0.3 is 20.1 Å². The van der Waals surface area contributed by atoms with E-state index in [1.807, 2.05) is 10.7 Å². The van der Waals surface area contributed by atoms with Gasteiger partial charge in [0.2, 0.25) is 5.91 Å². The van der Waals surface area contributed by atoms with Gasteiger partial charge in [-0.15, -0.1) is 0 Å². The van der Waals surface area contributed by atoms with Crippen molar-refractivity contribution in [1.82, 2.24) is 19.7 Å². The number of ether oxygens (including phenoxy) is 2. The van der Waals surface area contributed by atoms with E-state index in [1.54, 1.807) is 24.5 Å². The number of hydrogen-bond donors (Lipinski definition) is 1. The average molecular weight is 422 g/mol. The second-order valence-corrected chi connectivity index (χ2v) is 8.05. The van der Waals surface area contributed by atoms with Crippen LogP contribution in [-0.2, 0) is 9.47 Å². The van der Waals surface area contributed by atoms with E-state index >= 15 is 0 Å². The number of rotatable bonds is 4. The number of primary amides is 1. The summed E-state index contributed by atoms with van der Waals surface area (Å²) in [5.74, 6) is 0.210. The predicted molar refractivity (Wildman–Crippen MR) is 116 cm³/mol. The highest BCUT2D eigenvalue weighted by Crippen LogP contribution is 2.33. The Kier molecular flexibility index (Phi) is 5.29. The molecule has 2 aliphatic rings. The number of hydrogen-bond acceptors (Lipinski definition) is 7. The molecule has 3 aromatic rings. The molecule has 2 unspecified atom stereocenters. The van der Waals surface area contributed by atoms with Gasteiger partial charge in [0.1, 0.15) is 17.0 Å². The highest BCUT2D eigenvalue weighted by Gasteiger charge is 2.25. The fraction of sp³-hybridized carbons (Fsp3) is 0.455. The van der Waals surface area contributed by atoms with Crippen LogP contribution >= 0.6 is 0 Å². The first-order chi connectivity index (χ1) is 15.1. The standard InChI is InChI=1S/C22H26N6O3/c1-14-13-30-11-9-27(14)18-12-16(22(23)29)15-5-7-24-21(20(15)26-18)17-6-8-25-28(17)19-4-2-3-10-31-19/h5-8,12,14,19H,2-4,9-11,13H2,1H3,(H2,23,29). The predicted octanol–water partition coefficient (Wildman–Crippen LogP) is 2.52. The Bertz CT molecular complexity index is 1110. The summed E-state index contributed by atoms with van der Waals surface area (Å²) < 4.78 is 13.4. The van der Waals surface area contributed by atoms with E-state index in [0.29, 0.717) is 47.7 Å². The van der Waals surface area contributed by atoms with Gasteiger partial charge in [-0.05, 0) is 44.4 Å². The molecule has 9 nitrogen and oxygen atoms in total. The van der Waals surface area contributed by atoms with Crippen molar-refractivity contribution in [3.05, 3.63) is 36.2 Å². The normalized spacial score (nSPS) is 22.0. The first-order valence-electron chi connectivity index (χ1n) is 10.7. The summed E-state index contributed by atoms with van der Waals surface area (Å²) in [5.41, 5.74) is 8.30. The smallest absolute Gasteiger partial charge is 0.249 e. The number of amides is 1. The Morgan fingerprint density at radius 3 is 2.90 bits per heavy atom. The molecule has 3 aromatic heterocycles. The van der Waals surface area contributed by atoms with E-state index in [1.165, 1.54) is 0 Å². The van der Waals surface area contributed by atoms with Crippen molar-refractivity contribution in [2.45, 2.75) is 38.5 Å². The largest absolute Gasteiger partial charge is 0.377 e. The number of fused-ring (bicyclic) bond motifs is 1. The second kappa shape index (κ2) is 8.24. The molecule has 5 heterocycles. The van der Waals surface area contributed by atoms with Crippen LogP contribution in [0.3, 0.4) is 0 Å². The minimum Gasteiger partial charge on any atom is -0.377 e. The van der Waals surface area contributed by atoms with E-state index in [9.17, 15) is 4.79 Å². The van der Waals surface area contributed by atoms with Crippen molar-refractivity contribution >= 4 is 22.6 Å². The van der Waals surface area contributed by atoms with Crippen molar-refractivity contribution in [2.24, 2.45) is 5.73 Å². The Hall–Kier alpha value is -3.04. The van der Waals surface area contributed by atoms with Gasteiger partial charge in [0, 0.05) is 30.9 Å². The first kappa shape index (κ1) is 19.9. The van der Waals surface area contributed by atoms with Gasteiger partial charge in [0.25, 0.3) is 0 Å².